The highest BCUT2D eigenvalue weighted by Crippen LogP contribution is 2.15. The van der Waals surface area contributed by atoms with Gasteiger partial charge < -0.3 is 15.7 Å². The van der Waals surface area contributed by atoms with Crippen LogP contribution in [0.25, 0.3) is 0 Å². The zero-order chi connectivity index (χ0) is 15.0. The van der Waals surface area contributed by atoms with E-state index >= 15 is 0 Å². The summed E-state index contributed by atoms with van der Waals surface area (Å²) in [4.78, 5) is 22.6. The van der Waals surface area contributed by atoms with E-state index in [4.69, 9.17) is 5.11 Å². The molecule has 0 aliphatic carbocycles. The minimum atomic E-state index is -0.923. The van der Waals surface area contributed by atoms with Gasteiger partial charge in [0.2, 0.25) is 0 Å². The molecule has 0 spiro atoms. The third kappa shape index (κ3) is 5.97. The molecule has 1 atom stereocenters. The molecule has 6 heteroatoms. The molecular formula is C14H20N2O3S. The topological polar surface area (TPSA) is 78.4 Å². The second-order valence-electron chi connectivity index (χ2n) is 4.51. The molecule has 0 aliphatic rings. The number of hydrogen-bond acceptors (Lipinski definition) is 3. The van der Waals surface area contributed by atoms with Crippen molar-refractivity contribution in [3.05, 3.63) is 29.8 Å². The number of rotatable bonds is 7. The highest BCUT2D eigenvalue weighted by atomic mass is 32.2. The second-order valence-corrected chi connectivity index (χ2v) is 5.49. The fourth-order valence-corrected chi connectivity index (χ4v) is 2.30. The number of urea groups is 1. The van der Waals surface area contributed by atoms with Crippen molar-refractivity contribution in [2.45, 2.75) is 25.8 Å². The van der Waals surface area contributed by atoms with E-state index < -0.39 is 5.97 Å². The van der Waals surface area contributed by atoms with E-state index in [0.29, 0.717) is 11.3 Å². The van der Waals surface area contributed by atoms with Gasteiger partial charge in [-0.25, -0.2) is 4.79 Å². The molecular weight excluding hydrogens is 276 g/mol. The average molecular weight is 296 g/mol. The van der Waals surface area contributed by atoms with Crippen molar-refractivity contribution in [1.82, 2.24) is 5.32 Å². The highest BCUT2D eigenvalue weighted by Gasteiger charge is 2.11. The first-order valence-corrected chi connectivity index (χ1v) is 7.78. The van der Waals surface area contributed by atoms with Crippen LogP contribution in [0.4, 0.5) is 10.5 Å². The van der Waals surface area contributed by atoms with Crippen LogP contribution >= 0.6 is 11.8 Å². The lowest BCUT2D eigenvalue weighted by Gasteiger charge is -2.15. The highest BCUT2D eigenvalue weighted by molar-refractivity contribution is 7.98. The number of aliphatic carboxylic acids is 1. The van der Waals surface area contributed by atoms with E-state index in [2.05, 4.69) is 10.6 Å². The Bertz CT molecular complexity index is 465. The van der Waals surface area contributed by atoms with Crippen LogP contribution in [0.2, 0.25) is 0 Å². The molecule has 5 nitrogen and oxygen atoms in total. The van der Waals surface area contributed by atoms with E-state index in [0.717, 1.165) is 12.2 Å². The molecule has 0 heterocycles. The second kappa shape index (κ2) is 8.47. The fourth-order valence-electron chi connectivity index (χ4n) is 1.71. The third-order valence-electron chi connectivity index (χ3n) is 2.74. The van der Waals surface area contributed by atoms with Gasteiger partial charge in [-0.1, -0.05) is 18.2 Å². The van der Waals surface area contributed by atoms with E-state index in [-0.39, 0.29) is 18.5 Å². The number of carboxylic acids is 1. The third-order valence-corrected chi connectivity index (χ3v) is 3.38. The molecule has 0 aromatic heterocycles. The van der Waals surface area contributed by atoms with Gasteiger partial charge >= 0.3 is 12.0 Å². The number of hydrogen-bond donors (Lipinski definition) is 3. The number of carbonyl (C=O) groups is 2. The van der Waals surface area contributed by atoms with Crippen molar-refractivity contribution in [3.8, 4) is 0 Å². The van der Waals surface area contributed by atoms with Crippen LogP contribution in [0.3, 0.4) is 0 Å². The molecule has 1 rings (SSSR count). The minimum absolute atomic E-state index is 0.0779. The maximum absolute atomic E-state index is 11.8. The monoisotopic (exact) mass is 296 g/mol. The van der Waals surface area contributed by atoms with Crippen molar-refractivity contribution in [1.29, 1.82) is 0 Å². The SMILES string of the molecule is CSCCC(C)NC(=O)Nc1ccccc1CC(=O)O. The smallest absolute Gasteiger partial charge is 0.319 e. The molecule has 1 aromatic rings. The van der Waals surface area contributed by atoms with Crippen LogP contribution in [0.15, 0.2) is 24.3 Å². The first kappa shape index (κ1) is 16.4. The van der Waals surface area contributed by atoms with Gasteiger partial charge in [0.15, 0.2) is 0 Å². The standard InChI is InChI=1S/C14H20N2O3S/c1-10(7-8-20-2)15-14(19)16-12-6-4-3-5-11(12)9-13(17)18/h3-6,10H,7-9H2,1-2H3,(H,17,18)(H2,15,16,19). The van der Waals surface area contributed by atoms with Crippen molar-refractivity contribution >= 4 is 29.4 Å². The molecule has 2 amide bonds. The predicted molar refractivity (Wildman–Crippen MR) is 82.4 cm³/mol. The Morgan fingerprint density at radius 3 is 2.70 bits per heavy atom. The van der Waals surface area contributed by atoms with Gasteiger partial charge in [-0.2, -0.15) is 11.8 Å². The van der Waals surface area contributed by atoms with Crippen LogP contribution in [0, 0.1) is 0 Å². The molecule has 20 heavy (non-hydrogen) atoms. The van der Waals surface area contributed by atoms with Gasteiger partial charge in [0.05, 0.1) is 6.42 Å². The van der Waals surface area contributed by atoms with Crippen LogP contribution in [0.5, 0.6) is 0 Å². The Hall–Kier alpha value is -1.69. The Balaban J connectivity index is 2.59. The Kier molecular flexibility index (Phi) is 6.93. The van der Waals surface area contributed by atoms with E-state index in [1.165, 1.54) is 0 Å². The molecule has 1 aromatic carbocycles. The fraction of sp³-hybridized carbons (Fsp3) is 0.429. The Labute approximate surface area is 123 Å². The van der Waals surface area contributed by atoms with Crippen molar-refractivity contribution in [3.63, 3.8) is 0 Å². The quantitative estimate of drug-likeness (QED) is 0.722. The van der Waals surface area contributed by atoms with Crippen molar-refractivity contribution in [2.75, 3.05) is 17.3 Å². The van der Waals surface area contributed by atoms with E-state index in [9.17, 15) is 9.59 Å². The molecule has 0 fully saturated rings. The van der Waals surface area contributed by atoms with E-state index in [1.807, 2.05) is 13.2 Å². The van der Waals surface area contributed by atoms with Gasteiger partial charge in [0.25, 0.3) is 0 Å². The summed E-state index contributed by atoms with van der Waals surface area (Å²) in [6.07, 6.45) is 2.80. The summed E-state index contributed by atoms with van der Waals surface area (Å²) in [6, 6.07) is 6.68. The number of para-hydroxylation sites is 1. The summed E-state index contributed by atoms with van der Waals surface area (Å²) in [5.74, 6) is 0.0600. The number of benzene rings is 1. The predicted octanol–water partition coefficient (Wildman–Crippen LogP) is 2.58. The van der Waals surface area contributed by atoms with Crippen molar-refractivity contribution < 1.29 is 14.7 Å². The molecule has 1 unspecified atom stereocenters. The first-order valence-electron chi connectivity index (χ1n) is 6.39. The summed E-state index contributed by atoms with van der Waals surface area (Å²) < 4.78 is 0. The van der Waals surface area contributed by atoms with Gasteiger partial charge in [-0.05, 0) is 37.0 Å². The molecule has 0 radical (unpaired) electrons. The van der Waals surface area contributed by atoms with Gasteiger partial charge in [-0.3, -0.25) is 4.79 Å². The summed E-state index contributed by atoms with van der Waals surface area (Å²) in [6.45, 7) is 1.94. The molecule has 3 N–H and O–H groups in total. The lowest BCUT2D eigenvalue weighted by atomic mass is 10.1. The number of amides is 2. The average Bonchev–Trinajstić information content (AvgIpc) is 2.38. The molecule has 0 aliphatic heterocycles. The Morgan fingerprint density at radius 2 is 2.05 bits per heavy atom. The normalized spacial score (nSPS) is 11.7. The first-order chi connectivity index (χ1) is 9.52. The summed E-state index contributed by atoms with van der Waals surface area (Å²) in [7, 11) is 0. The largest absolute Gasteiger partial charge is 0.481 e. The van der Waals surface area contributed by atoms with Crippen molar-refractivity contribution in [2.24, 2.45) is 0 Å². The van der Waals surface area contributed by atoms with Gasteiger partial charge in [0, 0.05) is 11.7 Å². The Morgan fingerprint density at radius 1 is 1.35 bits per heavy atom. The van der Waals surface area contributed by atoms with Gasteiger partial charge in [0.1, 0.15) is 0 Å². The molecule has 0 saturated carbocycles. The number of anilines is 1. The summed E-state index contributed by atoms with van der Waals surface area (Å²) >= 11 is 1.73. The summed E-state index contributed by atoms with van der Waals surface area (Å²) in [5.41, 5.74) is 1.12. The summed E-state index contributed by atoms with van der Waals surface area (Å²) in [5, 5.41) is 14.4. The minimum Gasteiger partial charge on any atom is -0.481 e. The number of nitrogens with one attached hydrogen (secondary N) is 2. The maximum atomic E-state index is 11.8. The van der Waals surface area contributed by atoms with Crippen LogP contribution in [-0.4, -0.2) is 35.2 Å². The lowest BCUT2D eigenvalue weighted by molar-refractivity contribution is -0.136. The maximum Gasteiger partial charge on any atom is 0.319 e. The van der Waals surface area contributed by atoms with E-state index in [1.54, 1.807) is 36.0 Å². The number of carbonyl (C=O) groups excluding carboxylic acids is 1. The van der Waals surface area contributed by atoms with Crippen LogP contribution in [0.1, 0.15) is 18.9 Å². The lowest BCUT2D eigenvalue weighted by Crippen LogP contribution is -2.36. The molecule has 0 bridgehead atoms. The number of thioether (sulfide) groups is 1. The molecule has 0 saturated heterocycles. The zero-order valence-corrected chi connectivity index (χ0v) is 12.5. The van der Waals surface area contributed by atoms with Gasteiger partial charge in [-0.15, -0.1) is 0 Å². The van der Waals surface area contributed by atoms with Crippen LogP contribution in [-0.2, 0) is 11.2 Å². The number of carboxylic acid groups (broad SMARTS) is 1. The van der Waals surface area contributed by atoms with Crippen LogP contribution < -0.4 is 10.6 Å². The molecule has 110 valence electrons. The zero-order valence-electron chi connectivity index (χ0n) is 11.7.